The van der Waals surface area contributed by atoms with Gasteiger partial charge >= 0.3 is 0 Å². The second kappa shape index (κ2) is 10.9. The Labute approximate surface area is 204 Å². The Bertz CT molecular complexity index is 1090. The van der Waals surface area contributed by atoms with Crippen molar-refractivity contribution < 1.29 is 14.3 Å². The molecule has 0 aromatic heterocycles. The summed E-state index contributed by atoms with van der Waals surface area (Å²) in [4.78, 5) is 17.3. The third kappa shape index (κ3) is 5.80. The summed E-state index contributed by atoms with van der Waals surface area (Å²) in [6, 6.07) is 20.7. The van der Waals surface area contributed by atoms with Crippen molar-refractivity contribution in [1.82, 2.24) is 9.80 Å². The van der Waals surface area contributed by atoms with Crippen LogP contribution in [-0.2, 0) is 13.2 Å². The van der Waals surface area contributed by atoms with E-state index >= 15 is 0 Å². The van der Waals surface area contributed by atoms with Crippen LogP contribution in [0.5, 0.6) is 11.5 Å². The van der Waals surface area contributed by atoms with Crippen LogP contribution in [0.1, 0.15) is 21.5 Å². The van der Waals surface area contributed by atoms with E-state index in [1.165, 1.54) is 0 Å². The number of carbonyl (C=O) groups is 1. The average molecular weight is 485 g/mol. The maximum atomic E-state index is 13.1. The van der Waals surface area contributed by atoms with Crippen LogP contribution in [0.2, 0.25) is 10.0 Å². The molecule has 3 aromatic carbocycles. The third-order valence-corrected chi connectivity index (χ3v) is 6.45. The number of benzene rings is 3. The van der Waals surface area contributed by atoms with E-state index in [0.717, 1.165) is 24.2 Å². The highest BCUT2D eigenvalue weighted by Crippen LogP contribution is 2.27. The summed E-state index contributed by atoms with van der Waals surface area (Å²) in [5, 5.41) is 1.35. The van der Waals surface area contributed by atoms with E-state index in [-0.39, 0.29) is 5.91 Å². The second-order valence-corrected chi connectivity index (χ2v) is 8.72. The van der Waals surface area contributed by atoms with E-state index in [9.17, 15) is 4.79 Å². The molecule has 0 aliphatic carbocycles. The van der Waals surface area contributed by atoms with Crippen LogP contribution in [0.15, 0.2) is 66.7 Å². The quantitative estimate of drug-likeness (QED) is 0.441. The van der Waals surface area contributed by atoms with Gasteiger partial charge in [0, 0.05) is 53.9 Å². The molecule has 33 heavy (non-hydrogen) atoms. The smallest absolute Gasteiger partial charge is 0.253 e. The van der Waals surface area contributed by atoms with Crippen molar-refractivity contribution in [1.29, 1.82) is 0 Å². The summed E-state index contributed by atoms with van der Waals surface area (Å²) in [6.07, 6.45) is 0. The maximum absolute atomic E-state index is 13.1. The van der Waals surface area contributed by atoms with E-state index in [4.69, 9.17) is 32.7 Å². The molecule has 0 spiro atoms. The first-order valence-corrected chi connectivity index (χ1v) is 11.6. The second-order valence-electron chi connectivity index (χ2n) is 7.91. The van der Waals surface area contributed by atoms with Crippen LogP contribution in [-0.4, -0.2) is 49.0 Å². The normalized spacial score (nSPS) is 14.2. The minimum atomic E-state index is 0.0320. The van der Waals surface area contributed by atoms with Crippen molar-refractivity contribution in [3.05, 3.63) is 93.5 Å². The summed E-state index contributed by atoms with van der Waals surface area (Å²) in [5.74, 6) is 1.39. The largest absolute Gasteiger partial charge is 0.493 e. The van der Waals surface area contributed by atoms with Crippen molar-refractivity contribution in [2.24, 2.45) is 0 Å². The zero-order valence-corrected chi connectivity index (χ0v) is 20.0. The maximum Gasteiger partial charge on any atom is 0.253 e. The molecule has 5 nitrogen and oxygen atoms in total. The Balaban J connectivity index is 1.34. The minimum Gasteiger partial charge on any atom is -0.493 e. The van der Waals surface area contributed by atoms with Gasteiger partial charge < -0.3 is 14.4 Å². The molecule has 1 fully saturated rings. The van der Waals surface area contributed by atoms with Crippen molar-refractivity contribution >= 4 is 29.1 Å². The number of carbonyl (C=O) groups excluding carboxylic acids is 1. The molecule has 1 amide bonds. The summed E-state index contributed by atoms with van der Waals surface area (Å²) in [5.41, 5.74) is 2.53. The number of amides is 1. The Morgan fingerprint density at radius 3 is 2.24 bits per heavy atom. The van der Waals surface area contributed by atoms with E-state index in [1.807, 2.05) is 71.6 Å². The van der Waals surface area contributed by atoms with Crippen LogP contribution in [0.4, 0.5) is 0 Å². The Kier molecular flexibility index (Phi) is 7.76. The lowest BCUT2D eigenvalue weighted by atomic mass is 10.1. The van der Waals surface area contributed by atoms with Gasteiger partial charge in [-0.15, -0.1) is 0 Å². The highest BCUT2D eigenvalue weighted by molar-refractivity contribution is 6.35. The number of hydrogen-bond donors (Lipinski definition) is 0. The summed E-state index contributed by atoms with van der Waals surface area (Å²) in [6.45, 7) is 3.88. The molecule has 0 unspecified atom stereocenters. The van der Waals surface area contributed by atoms with Gasteiger partial charge in [0.1, 0.15) is 6.61 Å². The van der Waals surface area contributed by atoms with Gasteiger partial charge in [0.15, 0.2) is 11.5 Å². The van der Waals surface area contributed by atoms with Crippen molar-refractivity contribution in [3.8, 4) is 11.5 Å². The molecular weight excluding hydrogens is 459 g/mol. The van der Waals surface area contributed by atoms with E-state index in [1.54, 1.807) is 7.11 Å². The lowest BCUT2D eigenvalue weighted by Crippen LogP contribution is -2.48. The predicted molar refractivity (Wildman–Crippen MR) is 131 cm³/mol. The molecule has 0 saturated carbocycles. The van der Waals surface area contributed by atoms with Gasteiger partial charge in [0.2, 0.25) is 0 Å². The summed E-state index contributed by atoms with van der Waals surface area (Å²) >= 11 is 12.6. The zero-order valence-electron chi connectivity index (χ0n) is 18.5. The van der Waals surface area contributed by atoms with Crippen LogP contribution >= 0.6 is 23.2 Å². The predicted octanol–water partition coefficient (Wildman–Crippen LogP) is 5.54. The fourth-order valence-corrected chi connectivity index (χ4v) is 4.41. The molecule has 0 bridgehead atoms. The van der Waals surface area contributed by atoms with Gasteiger partial charge in [-0.3, -0.25) is 9.69 Å². The lowest BCUT2D eigenvalue weighted by molar-refractivity contribution is 0.0628. The van der Waals surface area contributed by atoms with Crippen molar-refractivity contribution in [2.45, 2.75) is 13.2 Å². The van der Waals surface area contributed by atoms with Crippen molar-refractivity contribution in [3.63, 3.8) is 0 Å². The van der Waals surface area contributed by atoms with Gasteiger partial charge in [-0.1, -0.05) is 53.5 Å². The Hall–Kier alpha value is -2.73. The monoisotopic (exact) mass is 484 g/mol. The highest BCUT2D eigenvalue weighted by Gasteiger charge is 2.23. The fraction of sp³-hybridized carbons (Fsp3) is 0.269. The number of piperazine rings is 1. The van der Waals surface area contributed by atoms with Crippen LogP contribution in [0.3, 0.4) is 0 Å². The zero-order chi connectivity index (χ0) is 23.2. The fourth-order valence-electron chi connectivity index (χ4n) is 3.89. The van der Waals surface area contributed by atoms with Crippen molar-refractivity contribution in [2.75, 3.05) is 33.3 Å². The van der Waals surface area contributed by atoms with E-state index in [2.05, 4.69) is 4.90 Å². The molecular formula is C26H26Cl2N2O3. The van der Waals surface area contributed by atoms with E-state index in [0.29, 0.717) is 53.3 Å². The number of methoxy groups -OCH3 is 1. The molecule has 0 radical (unpaired) electrons. The molecule has 1 aliphatic rings. The van der Waals surface area contributed by atoms with E-state index < -0.39 is 0 Å². The Morgan fingerprint density at radius 2 is 1.55 bits per heavy atom. The number of halogens is 2. The molecule has 1 aliphatic heterocycles. The van der Waals surface area contributed by atoms with Gasteiger partial charge in [-0.2, -0.15) is 0 Å². The standard InChI is InChI=1S/C26H26Cl2N2O3/c1-32-24-10-2-3-11-25(24)33-18-19-6-4-7-20(16-19)26(31)30-14-12-29(13-15-30)17-21-22(27)8-5-9-23(21)28/h2-11,16H,12-15,17-18H2,1H3. The van der Waals surface area contributed by atoms with Gasteiger partial charge in [-0.05, 0) is 42.0 Å². The third-order valence-electron chi connectivity index (χ3n) is 5.74. The molecule has 3 aromatic rings. The van der Waals surface area contributed by atoms with Gasteiger partial charge in [0.05, 0.1) is 7.11 Å². The van der Waals surface area contributed by atoms with Gasteiger partial charge in [0.25, 0.3) is 5.91 Å². The SMILES string of the molecule is COc1ccccc1OCc1cccc(C(=O)N2CCN(Cc3c(Cl)cccc3Cl)CC2)c1. The summed E-state index contributed by atoms with van der Waals surface area (Å²) < 4.78 is 11.2. The first-order valence-electron chi connectivity index (χ1n) is 10.8. The molecule has 1 saturated heterocycles. The number of rotatable bonds is 7. The van der Waals surface area contributed by atoms with Crippen LogP contribution in [0.25, 0.3) is 0 Å². The molecule has 4 rings (SSSR count). The molecule has 172 valence electrons. The Morgan fingerprint density at radius 1 is 0.879 bits per heavy atom. The topological polar surface area (TPSA) is 42.0 Å². The van der Waals surface area contributed by atoms with Crippen LogP contribution < -0.4 is 9.47 Å². The molecule has 7 heteroatoms. The first-order chi connectivity index (χ1) is 16.0. The number of hydrogen-bond acceptors (Lipinski definition) is 4. The average Bonchev–Trinajstić information content (AvgIpc) is 2.85. The molecule has 0 atom stereocenters. The number of ether oxygens (including phenoxy) is 2. The minimum absolute atomic E-state index is 0.0320. The highest BCUT2D eigenvalue weighted by atomic mass is 35.5. The summed E-state index contributed by atoms with van der Waals surface area (Å²) in [7, 11) is 1.62. The van der Waals surface area contributed by atoms with Crippen LogP contribution in [0, 0.1) is 0 Å². The number of para-hydroxylation sites is 2. The molecule has 1 heterocycles. The first kappa shape index (κ1) is 23.4. The molecule has 0 N–H and O–H groups in total. The number of nitrogens with zero attached hydrogens (tertiary/aromatic N) is 2. The van der Waals surface area contributed by atoms with Gasteiger partial charge in [-0.25, -0.2) is 0 Å². The lowest BCUT2D eigenvalue weighted by Gasteiger charge is -2.35.